The fourth-order valence-corrected chi connectivity index (χ4v) is 6.01. The number of fused-ring (bicyclic) bond motifs is 3. The molecule has 0 unspecified atom stereocenters. The quantitative estimate of drug-likeness (QED) is 0.150. The van der Waals surface area contributed by atoms with Crippen LogP contribution in [0.2, 0.25) is 0 Å². The SMILES string of the molecule is OCC[C@H]1O[C@H](C#Cc2ccc3c(c2)C(CO)(CO)c2cc(C#C[C@H]4O[C@H](CO)[C@@H](O)[C@H](O)[C@@H]4O)ccc2-3)[C@@H](O)[C@@H](O)[C@@H]1O. The Bertz CT molecular complexity index is 1470. The summed E-state index contributed by atoms with van der Waals surface area (Å²) in [7, 11) is 0. The molecule has 12 heteroatoms. The van der Waals surface area contributed by atoms with Crippen molar-refractivity contribution in [1.82, 2.24) is 0 Å². The lowest BCUT2D eigenvalue weighted by Crippen LogP contribution is -2.58. The lowest BCUT2D eigenvalue weighted by Gasteiger charge is -2.38. The van der Waals surface area contributed by atoms with Crippen LogP contribution in [-0.4, -0.2) is 139 Å². The molecule has 2 aromatic carbocycles. The first-order chi connectivity index (χ1) is 21.1. The highest BCUT2D eigenvalue weighted by Crippen LogP contribution is 2.49. The molecular weight excluding hydrogens is 576 g/mol. The zero-order valence-electron chi connectivity index (χ0n) is 23.6. The van der Waals surface area contributed by atoms with E-state index in [9.17, 15) is 51.1 Å². The highest BCUT2D eigenvalue weighted by Gasteiger charge is 2.45. The average molecular weight is 613 g/mol. The third-order valence-electron chi connectivity index (χ3n) is 8.64. The smallest absolute Gasteiger partial charge is 0.147 e. The Balaban J connectivity index is 1.44. The Morgan fingerprint density at radius 1 is 0.591 bits per heavy atom. The van der Waals surface area contributed by atoms with Gasteiger partial charge in [-0.25, -0.2) is 0 Å². The van der Waals surface area contributed by atoms with E-state index in [2.05, 4.69) is 23.7 Å². The van der Waals surface area contributed by atoms with Crippen LogP contribution in [0.3, 0.4) is 0 Å². The summed E-state index contributed by atoms with van der Waals surface area (Å²) in [5.41, 5.74) is 2.40. The van der Waals surface area contributed by atoms with Crippen LogP contribution in [0.15, 0.2) is 36.4 Å². The minimum Gasteiger partial charge on any atom is -0.396 e. The van der Waals surface area contributed by atoms with Crippen LogP contribution >= 0.6 is 0 Å². The minimum absolute atomic E-state index is 0.0463. The van der Waals surface area contributed by atoms with Gasteiger partial charge in [0.25, 0.3) is 0 Å². The molecule has 0 radical (unpaired) electrons. The van der Waals surface area contributed by atoms with Crippen molar-refractivity contribution in [1.29, 1.82) is 0 Å². The number of aliphatic hydroxyl groups is 10. The summed E-state index contributed by atoms with van der Waals surface area (Å²) in [6.07, 6.45) is -13.2. The predicted molar refractivity (Wildman–Crippen MR) is 153 cm³/mol. The molecule has 3 aliphatic rings. The lowest BCUT2D eigenvalue weighted by atomic mass is 9.79. The number of ether oxygens (including phenoxy) is 2. The van der Waals surface area contributed by atoms with E-state index in [0.29, 0.717) is 22.3 Å². The minimum atomic E-state index is -1.56. The maximum absolute atomic E-state index is 10.6. The molecule has 2 aromatic rings. The molecule has 44 heavy (non-hydrogen) atoms. The fourth-order valence-electron chi connectivity index (χ4n) is 6.01. The Morgan fingerprint density at radius 3 is 1.48 bits per heavy atom. The zero-order valence-corrected chi connectivity index (χ0v) is 23.6. The van der Waals surface area contributed by atoms with Crippen molar-refractivity contribution in [3.63, 3.8) is 0 Å². The Labute approximate surface area is 253 Å². The van der Waals surface area contributed by atoms with Gasteiger partial charge in [0.1, 0.15) is 54.9 Å². The van der Waals surface area contributed by atoms with Gasteiger partial charge in [0, 0.05) is 17.7 Å². The van der Waals surface area contributed by atoms with Crippen LogP contribution in [0, 0.1) is 23.7 Å². The number of hydrogen-bond acceptors (Lipinski definition) is 12. The maximum Gasteiger partial charge on any atom is 0.147 e. The summed E-state index contributed by atoms with van der Waals surface area (Å²) < 4.78 is 11.1. The highest BCUT2D eigenvalue weighted by molar-refractivity contribution is 5.82. The van der Waals surface area contributed by atoms with Crippen molar-refractivity contribution < 1.29 is 60.5 Å². The molecule has 5 rings (SSSR count). The first-order valence-corrected chi connectivity index (χ1v) is 14.3. The van der Waals surface area contributed by atoms with Crippen LogP contribution in [-0.2, 0) is 14.9 Å². The maximum atomic E-state index is 10.6. The molecule has 0 aromatic heterocycles. The van der Waals surface area contributed by atoms with Gasteiger partial charge in [0.05, 0.1) is 31.3 Å². The fraction of sp³-hybridized carbons (Fsp3) is 0.500. The molecule has 0 spiro atoms. The molecule has 2 aliphatic heterocycles. The van der Waals surface area contributed by atoms with Gasteiger partial charge in [-0.3, -0.25) is 0 Å². The third-order valence-corrected chi connectivity index (χ3v) is 8.64. The summed E-state index contributed by atoms with van der Waals surface area (Å²) >= 11 is 0. The second kappa shape index (κ2) is 13.2. The number of rotatable bonds is 5. The molecule has 2 saturated heterocycles. The predicted octanol–water partition coefficient (Wildman–Crippen LogP) is -3.28. The van der Waals surface area contributed by atoms with E-state index < -0.39 is 86.3 Å². The van der Waals surface area contributed by atoms with Crippen molar-refractivity contribution >= 4 is 0 Å². The van der Waals surface area contributed by atoms with Crippen molar-refractivity contribution in [2.24, 2.45) is 0 Å². The molecule has 10 atom stereocenters. The largest absolute Gasteiger partial charge is 0.396 e. The lowest BCUT2D eigenvalue weighted by molar-refractivity contribution is -0.214. The average Bonchev–Trinajstić information content (AvgIpc) is 3.31. The van der Waals surface area contributed by atoms with E-state index >= 15 is 0 Å². The summed E-state index contributed by atoms with van der Waals surface area (Å²) in [5.74, 6) is 11.3. The standard InChI is InChI=1S/C32H36O12/c33-10-9-24-28(39)30(41)26(37)22(43-24)7-3-16-1-5-18-19-6-2-17(12-21(19)32(14-35,15-36)20(18)11-16)4-8-23-27(38)31(42)29(40)25(13-34)44-23/h1-2,5-6,11-12,22-31,33-42H,9-10,13-15H2/t22-,23-,24-,25-,26-,27-,28-,29-,30-,31-/m1/s1. The Hall–Kier alpha value is -2.92. The second-order valence-corrected chi connectivity index (χ2v) is 11.3. The van der Waals surface area contributed by atoms with Crippen molar-refractivity contribution in [2.45, 2.75) is 72.9 Å². The van der Waals surface area contributed by atoms with Gasteiger partial charge < -0.3 is 60.5 Å². The van der Waals surface area contributed by atoms with E-state index in [-0.39, 0.29) is 13.0 Å². The summed E-state index contributed by atoms with van der Waals surface area (Å²) in [5, 5.41) is 101. The van der Waals surface area contributed by atoms with Gasteiger partial charge in [0.2, 0.25) is 0 Å². The number of benzene rings is 2. The van der Waals surface area contributed by atoms with Crippen LogP contribution in [0.4, 0.5) is 0 Å². The van der Waals surface area contributed by atoms with Gasteiger partial charge in [-0.1, -0.05) is 35.8 Å². The van der Waals surface area contributed by atoms with Crippen molar-refractivity contribution in [3.05, 3.63) is 58.7 Å². The molecule has 236 valence electrons. The molecule has 0 saturated carbocycles. The zero-order chi connectivity index (χ0) is 31.8. The first-order valence-electron chi connectivity index (χ1n) is 14.3. The molecular formula is C32H36O12. The van der Waals surface area contributed by atoms with Crippen LogP contribution < -0.4 is 0 Å². The molecule has 12 nitrogen and oxygen atoms in total. The Kier molecular flexibility index (Phi) is 9.75. The highest BCUT2D eigenvalue weighted by atomic mass is 16.5. The normalized spacial score (nSPS) is 33.8. The van der Waals surface area contributed by atoms with Gasteiger partial charge in [0.15, 0.2) is 0 Å². The van der Waals surface area contributed by atoms with Crippen molar-refractivity contribution in [2.75, 3.05) is 26.4 Å². The molecule has 2 heterocycles. The Morgan fingerprint density at radius 2 is 1.05 bits per heavy atom. The van der Waals surface area contributed by atoms with E-state index in [1.165, 1.54) is 0 Å². The summed E-state index contributed by atoms with van der Waals surface area (Å²) in [6.45, 7) is -1.78. The number of hydrogen-bond donors (Lipinski definition) is 10. The van der Waals surface area contributed by atoms with E-state index in [4.69, 9.17) is 9.47 Å². The van der Waals surface area contributed by atoms with E-state index in [1.807, 2.05) is 0 Å². The van der Waals surface area contributed by atoms with Crippen LogP contribution in [0.25, 0.3) is 11.1 Å². The van der Waals surface area contributed by atoms with E-state index in [1.54, 1.807) is 36.4 Å². The van der Waals surface area contributed by atoms with Crippen LogP contribution in [0.1, 0.15) is 28.7 Å². The van der Waals surface area contributed by atoms with E-state index in [0.717, 1.165) is 11.1 Å². The van der Waals surface area contributed by atoms with Gasteiger partial charge in [-0.15, -0.1) is 0 Å². The molecule has 1 aliphatic carbocycles. The molecule has 2 fully saturated rings. The van der Waals surface area contributed by atoms with Gasteiger partial charge in [-0.2, -0.15) is 0 Å². The van der Waals surface area contributed by atoms with Gasteiger partial charge in [-0.05, 0) is 52.9 Å². The van der Waals surface area contributed by atoms with Gasteiger partial charge >= 0.3 is 0 Å². The molecule has 0 bridgehead atoms. The monoisotopic (exact) mass is 612 g/mol. The second-order valence-electron chi connectivity index (χ2n) is 11.3. The van der Waals surface area contributed by atoms with Crippen LogP contribution in [0.5, 0.6) is 0 Å². The third kappa shape index (κ3) is 5.66. The first kappa shape index (κ1) is 32.5. The topological polar surface area (TPSA) is 221 Å². The molecule has 10 N–H and O–H groups in total. The number of aliphatic hydroxyl groups excluding tert-OH is 10. The van der Waals surface area contributed by atoms with Crippen molar-refractivity contribution in [3.8, 4) is 34.8 Å². The molecule has 0 amide bonds. The summed E-state index contributed by atoms with van der Waals surface area (Å²) in [6, 6.07) is 10.4. The summed E-state index contributed by atoms with van der Waals surface area (Å²) in [4.78, 5) is 0.